The molecule has 8 rings (SSSR count). The Hall–Kier alpha value is -5.62. The molecule has 188 valence electrons. The number of oxazole rings is 1. The van der Waals surface area contributed by atoms with Gasteiger partial charge < -0.3 is 8.83 Å². The second-order valence-corrected chi connectivity index (χ2v) is 9.52. The molecule has 0 amide bonds. The van der Waals surface area contributed by atoms with Gasteiger partial charge in [-0.3, -0.25) is 0 Å². The van der Waals surface area contributed by atoms with E-state index in [0.29, 0.717) is 28.9 Å². The molecular formula is C34H20N4O2. The number of aromatic nitrogens is 4. The Morgan fingerprint density at radius 1 is 0.425 bits per heavy atom. The Labute approximate surface area is 228 Å². The zero-order valence-corrected chi connectivity index (χ0v) is 21.2. The Balaban J connectivity index is 1.32. The van der Waals surface area contributed by atoms with Crippen molar-refractivity contribution in [3.63, 3.8) is 0 Å². The molecule has 8 aromatic rings. The molecule has 0 radical (unpaired) electrons. The molecule has 0 aliphatic rings. The molecule has 5 aromatic carbocycles. The van der Waals surface area contributed by atoms with Crippen molar-refractivity contribution in [3.05, 3.63) is 121 Å². The van der Waals surface area contributed by atoms with Crippen LogP contribution in [0, 0.1) is 0 Å². The minimum Gasteiger partial charge on any atom is -0.455 e. The van der Waals surface area contributed by atoms with E-state index < -0.39 is 0 Å². The molecule has 3 heterocycles. The van der Waals surface area contributed by atoms with E-state index in [1.165, 1.54) is 0 Å². The SMILES string of the molecule is c1ccc(-c2nc(-c3ccc4nc(-c5ccccc5)oc4c3)nc(-c3cccc4c3oc3ccccc34)n2)cc1. The van der Waals surface area contributed by atoms with Gasteiger partial charge in [-0.25, -0.2) is 19.9 Å². The summed E-state index contributed by atoms with van der Waals surface area (Å²) < 4.78 is 12.4. The summed E-state index contributed by atoms with van der Waals surface area (Å²) in [6, 6.07) is 39.7. The van der Waals surface area contributed by atoms with E-state index in [0.717, 1.165) is 49.7 Å². The van der Waals surface area contributed by atoms with Gasteiger partial charge in [-0.15, -0.1) is 0 Å². The summed E-state index contributed by atoms with van der Waals surface area (Å²) in [7, 11) is 0. The number of fused-ring (bicyclic) bond motifs is 4. The van der Waals surface area contributed by atoms with Gasteiger partial charge in [0.1, 0.15) is 16.7 Å². The number of nitrogens with zero attached hydrogens (tertiary/aromatic N) is 4. The second kappa shape index (κ2) is 8.99. The van der Waals surface area contributed by atoms with Crippen LogP contribution in [-0.2, 0) is 0 Å². The highest BCUT2D eigenvalue weighted by Gasteiger charge is 2.18. The quantitative estimate of drug-likeness (QED) is 0.233. The topological polar surface area (TPSA) is 77.8 Å². The zero-order chi connectivity index (χ0) is 26.5. The second-order valence-electron chi connectivity index (χ2n) is 9.52. The van der Waals surface area contributed by atoms with Crippen LogP contribution >= 0.6 is 0 Å². The predicted molar refractivity (Wildman–Crippen MR) is 156 cm³/mol. The van der Waals surface area contributed by atoms with Gasteiger partial charge >= 0.3 is 0 Å². The van der Waals surface area contributed by atoms with Crippen LogP contribution < -0.4 is 0 Å². The van der Waals surface area contributed by atoms with Gasteiger partial charge in [-0.2, -0.15) is 0 Å². The number of rotatable bonds is 4. The Kier molecular flexibility index (Phi) is 5.03. The maximum atomic E-state index is 6.31. The summed E-state index contributed by atoms with van der Waals surface area (Å²) in [6.07, 6.45) is 0. The van der Waals surface area contributed by atoms with Crippen molar-refractivity contribution >= 4 is 33.0 Å². The van der Waals surface area contributed by atoms with Gasteiger partial charge in [-0.1, -0.05) is 78.9 Å². The Morgan fingerprint density at radius 3 is 1.93 bits per heavy atom. The molecule has 0 fully saturated rings. The first-order valence-corrected chi connectivity index (χ1v) is 13.0. The first kappa shape index (κ1) is 22.4. The lowest BCUT2D eigenvalue weighted by molar-refractivity contribution is 0.620. The summed E-state index contributed by atoms with van der Waals surface area (Å²) in [5, 5.41) is 2.08. The van der Waals surface area contributed by atoms with Crippen LogP contribution in [0.5, 0.6) is 0 Å². The summed E-state index contributed by atoms with van der Waals surface area (Å²) >= 11 is 0. The largest absolute Gasteiger partial charge is 0.455 e. The third kappa shape index (κ3) is 3.74. The lowest BCUT2D eigenvalue weighted by Gasteiger charge is -2.08. The van der Waals surface area contributed by atoms with E-state index in [1.54, 1.807) is 0 Å². The monoisotopic (exact) mass is 516 g/mol. The average Bonchev–Trinajstić information content (AvgIpc) is 3.63. The fourth-order valence-corrected chi connectivity index (χ4v) is 5.03. The van der Waals surface area contributed by atoms with Crippen LogP contribution in [0.2, 0.25) is 0 Å². The highest BCUT2D eigenvalue weighted by molar-refractivity contribution is 6.09. The van der Waals surface area contributed by atoms with Gasteiger partial charge in [-0.05, 0) is 42.5 Å². The molecule has 6 heteroatoms. The summed E-state index contributed by atoms with van der Waals surface area (Å²) in [5.74, 6) is 2.23. The highest BCUT2D eigenvalue weighted by atomic mass is 16.3. The first-order chi connectivity index (χ1) is 19.8. The molecule has 3 aromatic heterocycles. The smallest absolute Gasteiger partial charge is 0.227 e. The molecule has 0 aliphatic heterocycles. The fourth-order valence-electron chi connectivity index (χ4n) is 5.03. The van der Waals surface area contributed by atoms with E-state index in [9.17, 15) is 0 Å². The van der Waals surface area contributed by atoms with Crippen molar-refractivity contribution < 1.29 is 8.83 Å². The van der Waals surface area contributed by atoms with Crippen LogP contribution in [0.3, 0.4) is 0 Å². The molecule has 6 nitrogen and oxygen atoms in total. The normalized spacial score (nSPS) is 11.5. The van der Waals surface area contributed by atoms with Gasteiger partial charge in [0.2, 0.25) is 5.89 Å². The van der Waals surface area contributed by atoms with Crippen LogP contribution in [0.4, 0.5) is 0 Å². The van der Waals surface area contributed by atoms with Crippen molar-refractivity contribution in [3.8, 4) is 45.6 Å². The molecule has 0 N–H and O–H groups in total. The van der Waals surface area contributed by atoms with Crippen molar-refractivity contribution in [1.82, 2.24) is 19.9 Å². The van der Waals surface area contributed by atoms with E-state index >= 15 is 0 Å². The summed E-state index contributed by atoms with van der Waals surface area (Å²) in [4.78, 5) is 19.4. The third-order valence-corrected chi connectivity index (χ3v) is 6.98. The van der Waals surface area contributed by atoms with Crippen molar-refractivity contribution in [2.24, 2.45) is 0 Å². The van der Waals surface area contributed by atoms with E-state index in [-0.39, 0.29) is 0 Å². The summed E-state index contributed by atoms with van der Waals surface area (Å²) in [5.41, 5.74) is 6.45. The Bertz CT molecular complexity index is 2170. The molecule has 0 atom stereocenters. The number of hydrogen-bond donors (Lipinski definition) is 0. The number of benzene rings is 5. The van der Waals surface area contributed by atoms with Crippen LogP contribution in [0.25, 0.3) is 78.7 Å². The molecule has 0 spiro atoms. The summed E-state index contributed by atoms with van der Waals surface area (Å²) in [6.45, 7) is 0. The van der Waals surface area contributed by atoms with Gasteiger partial charge in [0.05, 0.1) is 5.56 Å². The minimum atomic E-state index is 0.538. The van der Waals surface area contributed by atoms with Crippen LogP contribution in [-0.4, -0.2) is 19.9 Å². The Morgan fingerprint density at radius 2 is 1.10 bits per heavy atom. The fraction of sp³-hybridized carbons (Fsp3) is 0. The van der Waals surface area contributed by atoms with Crippen molar-refractivity contribution in [2.45, 2.75) is 0 Å². The predicted octanol–water partition coefficient (Wildman–Crippen LogP) is 8.58. The molecular weight excluding hydrogens is 496 g/mol. The standard InChI is InChI=1S/C34H20N4O2/c1-3-10-21(11-4-1)31-36-32(23-18-19-27-29(20-23)40-34(35-27)22-12-5-2-6-13-22)38-33(37-31)26-16-9-15-25-24-14-7-8-17-28(24)39-30(25)26/h1-20H. The van der Waals surface area contributed by atoms with E-state index in [1.807, 2.05) is 109 Å². The zero-order valence-electron chi connectivity index (χ0n) is 21.2. The maximum absolute atomic E-state index is 6.31. The number of furan rings is 1. The van der Waals surface area contributed by atoms with Gasteiger partial charge in [0, 0.05) is 27.5 Å². The maximum Gasteiger partial charge on any atom is 0.227 e. The average molecular weight is 517 g/mol. The van der Waals surface area contributed by atoms with E-state index in [2.05, 4.69) is 17.1 Å². The molecule has 40 heavy (non-hydrogen) atoms. The third-order valence-electron chi connectivity index (χ3n) is 6.98. The molecule has 0 saturated carbocycles. The van der Waals surface area contributed by atoms with Crippen LogP contribution in [0.15, 0.2) is 130 Å². The van der Waals surface area contributed by atoms with Gasteiger partial charge in [0.25, 0.3) is 0 Å². The minimum absolute atomic E-state index is 0.538. The highest BCUT2D eigenvalue weighted by Crippen LogP contribution is 2.36. The van der Waals surface area contributed by atoms with Crippen molar-refractivity contribution in [2.75, 3.05) is 0 Å². The molecule has 0 bridgehead atoms. The lowest BCUT2D eigenvalue weighted by atomic mass is 10.1. The molecule has 0 saturated heterocycles. The lowest BCUT2D eigenvalue weighted by Crippen LogP contribution is -2.00. The van der Waals surface area contributed by atoms with Crippen molar-refractivity contribution in [1.29, 1.82) is 0 Å². The van der Waals surface area contributed by atoms with Gasteiger partial charge in [0.15, 0.2) is 23.1 Å². The number of para-hydroxylation sites is 2. The van der Waals surface area contributed by atoms with E-state index in [4.69, 9.17) is 23.8 Å². The first-order valence-electron chi connectivity index (χ1n) is 13.0. The molecule has 0 unspecified atom stereocenters. The van der Waals surface area contributed by atoms with Crippen LogP contribution in [0.1, 0.15) is 0 Å². The molecule has 0 aliphatic carbocycles. The number of hydrogen-bond acceptors (Lipinski definition) is 6.